The van der Waals surface area contributed by atoms with Crippen molar-refractivity contribution < 1.29 is 9.90 Å². The maximum absolute atomic E-state index is 13.1. The van der Waals surface area contributed by atoms with Gasteiger partial charge in [-0.1, -0.05) is 39.0 Å². The number of hydrogen-bond donors (Lipinski definition) is 2. The molecule has 1 aromatic heterocycles. The van der Waals surface area contributed by atoms with Gasteiger partial charge in [0.1, 0.15) is 5.82 Å². The summed E-state index contributed by atoms with van der Waals surface area (Å²) in [5.74, 6) is 3.07. The highest BCUT2D eigenvalue weighted by molar-refractivity contribution is 5.99. The average molecular weight is 575 g/mol. The molecular formula is C36H54N4O2. The molecule has 0 amide bonds. The Kier molecular flexibility index (Phi) is 10.4. The highest BCUT2D eigenvalue weighted by Crippen LogP contribution is 2.37. The van der Waals surface area contributed by atoms with Gasteiger partial charge in [-0.3, -0.25) is 4.79 Å². The van der Waals surface area contributed by atoms with Gasteiger partial charge < -0.3 is 20.6 Å². The number of aliphatic hydroxyl groups is 1. The lowest BCUT2D eigenvalue weighted by atomic mass is 9.79. The molecule has 6 nitrogen and oxygen atoms in total. The standard InChI is InChI=1S/C36H54N4O2/c1-4-26(3)35(41)33-22-32(12-10-29(33)5-2)36(42)16-20-40(21-17-36)25-28-8-6-27(7-9-28)24-39-18-14-30(15-19-39)31-11-13-34(37)38-23-31/h10-13,22-23,26-28,30,42H,4-9,14-21,24-25H2,1-3H3,(H2,37,38). The second kappa shape index (κ2) is 14.0. The summed E-state index contributed by atoms with van der Waals surface area (Å²) in [6, 6.07) is 10.3. The smallest absolute Gasteiger partial charge is 0.165 e. The largest absolute Gasteiger partial charge is 0.385 e. The number of anilines is 1. The summed E-state index contributed by atoms with van der Waals surface area (Å²) in [6.45, 7) is 12.9. The SMILES string of the molecule is CCc1ccc(C2(O)CCN(CC3CCC(CN4CCC(c5ccc(N)nc5)CC4)CC3)CC2)cc1C(=O)C(C)CC. The van der Waals surface area contributed by atoms with Gasteiger partial charge in [0, 0.05) is 43.9 Å². The van der Waals surface area contributed by atoms with Gasteiger partial charge in [-0.05, 0) is 124 Å². The third-order valence-electron chi connectivity index (χ3n) is 10.9. The van der Waals surface area contributed by atoms with Crippen LogP contribution >= 0.6 is 0 Å². The molecule has 1 aromatic carbocycles. The highest BCUT2D eigenvalue weighted by Gasteiger charge is 2.36. The van der Waals surface area contributed by atoms with E-state index in [-0.39, 0.29) is 11.7 Å². The van der Waals surface area contributed by atoms with Crippen LogP contribution in [-0.2, 0) is 12.0 Å². The van der Waals surface area contributed by atoms with Gasteiger partial charge in [0.25, 0.3) is 0 Å². The average Bonchev–Trinajstić information content (AvgIpc) is 3.03. The Bertz CT molecular complexity index is 1160. The van der Waals surface area contributed by atoms with Crippen molar-refractivity contribution in [3.8, 4) is 0 Å². The zero-order chi connectivity index (χ0) is 29.7. The zero-order valence-corrected chi connectivity index (χ0v) is 26.4. The lowest BCUT2D eigenvalue weighted by Crippen LogP contribution is -2.45. The molecule has 1 atom stereocenters. The molecular weight excluding hydrogens is 520 g/mol. The second-order valence-corrected chi connectivity index (χ2v) is 13.7. The molecule has 2 saturated heterocycles. The molecule has 0 radical (unpaired) electrons. The fraction of sp³-hybridized carbons (Fsp3) is 0.667. The van der Waals surface area contributed by atoms with Crippen molar-refractivity contribution in [1.82, 2.24) is 14.8 Å². The molecule has 3 N–H and O–H groups in total. The fourth-order valence-corrected chi connectivity index (χ4v) is 7.68. The molecule has 1 aliphatic carbocycles. The van der Waals surface area contributed by atoms with Crippen LogP contribution in [0.1, 0.15) is 112 Å². The molecule has 3 heterocycles. The lowest BCUT2D eigenvalue weighted by molar-refractivity contribution is -0.0304. The molecule has 0 bridgehead atoms. The van der Waals surface area contributed by atoms with Gasteiger partial charge in [0.15, 0.2) is 5.78 Å². The van der Waals surface area contributed by atoms with Crippen LogP contribution < -0.4 is 5.73 Å². The summed E-state index contributed by atoms with van der Waals surface area (Å²) in [7, 11) is 0. The zero-order valence-electron chi connectivity index (χ0n) is 26.4. The number of ketones is 1. The number of nitrogen functional groups attached to an aromatic ring is 1. The minimum atomic E-state index is -0.831. The Labute approximate surface area is 254 Å². The number of likely N-dealkylation sites (tertiary alicyclic amines) is 2. The first kappa shape index (κ1) is 31.2. The molecule has 1 saturated carbocycles. The van der Waals surface area contributed by atoms with Crippen molar-refractivity contribution in [2.45, 2.75) is 96.5 Å². The van der Waals surface area contributed by atoms with E-state index in [4.69, 9.17) is 5.73 Å². The van der Waals surface area contributed by atoms with E-state index in [9.17, 15) is 9.90 Å². The Balaban J connectivity index is 1.05. The van der Waals surface area contributed by atoms with Crippen molar-refractivity contribution >= 4 is 11.6 Å². The van der Waals surface area contributed by atoms with Crippen molar-refractivity contribution in [2.75, 3.05) is 45.0 Å². The maximum Gasteiger partial charge on any atom is 0.165 e. The number of nitrogens with two attached hydrogens (primary N) is 1. The number of carbonyl (C=O) groups excluding carboxylic acids is 1. The van der Waals surface area contributed by atoms with Crippen molar-refractivity contribution in [2.24, 2.45) is 17.8 Å². The summed E-state index contributed by atoms with van der Waals surface area (Å²) < 4.78 is 0. The minimum Gasteiger partial charge on any atom is -0.385 e. The van der Waals surface area contributed by atoms with E-state index >= 15 is 0 Å². The number of piperidine rings is 2. The van der Waals surface area contributed by atoms with Crippen LogP contribution in [0.15, 0.2) is 36.5 Å². The Morgan fingerprint density at radius 1 is 0.952 bits per heavy atom. The van der Waals surface area contributed by atoms with Gasteiger partial charge >= 0.3 is 0 Å². The molecule has 42 heavy (non-hydrogen) atoms. The molecule has 2 aromatic rings. The number of nitrogens with zero attached hydrogens (tertiary/aromatic N) is 3. The summed E-state index contributed by atoms with van der Waals surface area (Å²) in [5, 5.41) is 11.7. The van der Waals surface area contributed by atoms with Crippen LogP contribution in [0.4, 0.5) is 5.82 Å². The predicted octanol–water partition coefficient (Wildman–Crippen LogP) is 6.42. The summed E-state index contributed by atoms with van der Waals surface area (Å²) in [4.78, 5) is 22.7. The number of carbonyl (C=O) groups is 1. The molecule has 1 unspecified atom stereocenters. The molecule has 6 heteroatoms. The van der Waals surface area contributed by atoms with Gasteiger partial charge in [-0.25, -0.2) is 4.98 Å². The van der Waals surface area contributed by atoms with E-state index in [1.165, 1.54) is 63.7 Å². The first-order valence-electron chi connectivity index (χ1n) is 16.8. The van der Waals surface area contributed by atoms with Crippen LogP contribution in [0.5, 0.6) is 0 Å². The first-order chi connectivity index (χ1) is 20.3. The van der Waals surface area contributed by atoms with E-state index < -0.39 is 5.60 Å². The van der Waals surface area contributed by atoms with Crippen LogP contribution in [0.25, 0.3) is 0 Å². The minimum absolute atomic E-state index is 0.0161. The fourth-order valence-electron chi connectivity index (χ4n) is 7.68. The normalized spacial score (nSPS) is 24.9. The number of Topliss-reactive ketones (excluding diaryl/α,β-unsaturated/α-hetero) is 1. The summed E-state index contributed by atoms with van der Waals surface area (Å²) in [6.07, 6.45) is 12.9. The van der Waals surface area contributed by atoms with E-state index in [1.54, 1.807) is 0 Å². The summed E-state index contributed by atoms with van der Waals surface area (Å²) >= 11 is 0. The van der Waals surface area contributed by atoms with E-state index in [1.807, 2.05) is 25.3 Å². The van der Waals surface area contributed by atoms with Gasteiger partial charge in [0.05, 0.1) is 5.60 Å². The Morgan fingerprint density at radius 2 is 1.57 bits per heavy atom. The van der Waals surface area contributed by atoms with Gasteiger partial charge in [-0.2, -0.15) is 0 Å². The molecule has 5 rings (SSSR count). The van der Waals surface area contributed by atoms with E-state index in [0.29, 0.717) is 11.7 Å². The van der Waals surface area contributed by atoms with Crippen LogP contribution in [0, 0.1) is 17.8 Å². The lowest BCUT2D eigenvalue weighted by Gasteiger charge is -2.41. The third kappa shape index (κ3) is 7.43. The van der Waals surface area contributed by atoms with Crippen molar-refractivity contribution in [3.63, 3.8) is 0 Å². The molecule has 230 valence electrons. The Hall–Kier alpha value is -2.28. The number of benzene rings is 1. The third-order valence-corrected chi connectivity index (χ3v) is 10.9. The second-order valence-electron chi connectivity index (χ2n) is 13.7. The maximum atomic E-state index is 13.1. The number of pyridine rings is 1. The quantitative estimate of drug-likeness (QED) is 0.319. The van der Waals surface area contributed by atoms with Gasteiger partial charge in [-0.15, -0.1) is 0 Å². The van der Waals surface area contributed by atoms with E-state index in [0.717, 1.165) is 73.8 Å². The van der Waals surface area contributed by atoms with Gasteiger partial charge in [0.2, 0.25) is 0 Å². The first-order valence-corrected chi connectivity index (χ1v) is 16.8. The summed E-state index contributed by atoms with van der Waals surface area (Å²) in [5.41, 5.74) is 9.13. The molecule has 2 aliphatic heterocycles. The number of hydrogen-bond acceptors (Lipinski definition) is 6. The number of aryl methyl sites for hydroxylation is 1. The molecule has 3 fully saturated rings. The van der Waals surface area contributed by atoms with Crippen LogP contribution in [-0.4, -0.2) is 64.9 Å². The molecule has 3 aliphatic rings. The Morgan fingerprint density at radius 3 is 2.12 bits per heavy atom. The van der Waals surface area contributed by atoms with Crippen LogP contribution in [0.2, 0.25) is 0 Å². The molecule has 0 spiro atoms. The van der Waals surface area contributed by atoms with Crippen molar-refractivity contribution in [1.29, 1.82) is 0 Å². The highest BCUT2D eigenvalue weighted by atomic mass is 16.3. The van der Waals surface area contributed by atoms with E-state index in [2.05, 4.69) is 46.8 Å². The number of aromatic nitrogens is 1. The topological polar surface area (TPSA) is 82.7 Å². The predicted molar refractivity (Wildman–Crippen MR) is 172 cm³/mol. The van der Waals surface area contributed by atoms with Crippen molar-refractivity contribution in [3.05, 3.63) is 58.8 Å². The number of rotatable bonds is 10. The monoisotopic (exact) mass is 574 g/mol. The van der Waals surface area contributed by atoms with Crippen LogP contribution in [0.3, 0.4) is 0 Å².